The van der Waals surface area contributed by atoms with Crippen LogP contribution in [0.3, 0.4) is 0 Å². The fourth-order valence-corrected chi connectivity index (χ4v) is 2.45. The molecule has 2 aromatic rings. The van der Waals surface area contributed by atoms with E-state index in [1.54, 1.807) is 0 Å². The minimum Gasteiger partial charge on any atom is -0.358 e. The third-order valence-corrected chi connectivity index (χ3v) is 3.42. The number of fused-ring (bicyclic) bond motifs is 1. The summed E-state index contributed by atoms with van der Waals surface area (Å²) < 4.78 is 1.44. The van der Waals surface area contributed by atoms with E-state index in [1.165, 1.54) is 28.1 Å². The van der Waals surface area contributed by atoms with Gasteiger partial charge in [0.2, 0.25) is 0 Å². The Morgan fingerprint density at radius 2 is 2.05 bits per heavy atom. The summed E-state index contributed by atoms with van der Waals surface area (Å²) in [4.78, 5) is 12.6. The predicted molar refractivity (Wildman–Crippen MR) is 69.4 cm³/mol. The van der Waals surface area contributed by atoms with Gasteiger partial charge in [0.1, 0.15) is 0 Å². The molecule has 1 aromatic carbocycles. The molecule has 6 nitrogen and oxygen atoms in total. The van der Waals surface area contributed by atoms with Gasteiger partial charge in [0, 0.05) is 13.1 Å². The minimum atomic E-state index is -0.398. The van der Waals surface area contributed by atoms with Gasteiger partial charge in [-0.2, -0.15) is 0 Å². The van der Waals surface area contributed by atoms with Gasteiger partial charge in [-0.25, -0.2) is 0 Å². The van der Waals surface area contributed by atoms with Crippen LogP contribution in [-0.4, -0.2) is 26.1 Å². The van der Waals surface area contributed by atoms with Crippen LogP contribution >= 0.6 is 0 Å². The molecule has 0 aliphatic carbocycles. The molecule has 0 saturated heterocycles. The average Bonchev–Trinajstić information content (AvgIpc) is 2.87. The van der Waals surface area contributed by atoms with Crippen LogP contribution in [-0.2, 0) is 19.6 Å². The largest absolute Gasteiger partial charge is 0.358 e. The monoisotopic (exact) mass is 258 g/mol. The van der Waals surface area contributed by atoms with Crippen LogP contribution in [0.2, 0.25) is 0 Å². The van der Waals surface area contributed by atoms with Crippen LogP contribution in [0.25, 0.3) is 0 Å². The lowest BCUT2D eigenvalue weighted by Crippen LogP contribution is -2.32. The highest BCUT2D eigenvalue weighted by molar-refractivity contribution is 5.29. The van der Waals surface area contributed by atoms with E-state index in [2.05, 4.69) is 22.1 Å². The van der Waals surface area contributed by atoms with Crippen LogP contribution in [0.15, 0.2) is 36.5 Å². The molecule has 2 heterocycles. The fraction of sp³-hybridized carbons (Fsp3) is 0.308. The second-order valence-electron chi connectivity index (χ2n) is 4.66. The highest BCUT2D eigenvalue weighted by atomic mass is 16.6. The average molecular weight is 258 g/mol. The molecule has 0 radical (unpaired) electrons. The van der Waals surface area contributed by atoms with Gasteiger partial charge < -0.3 is 10.1 Å². The van der Waals surface area contributed by atoms with E-state index >= 15 is 0 Å². The quantitative estimate of drug-likeness (QED) is 0.622. The first-order valence-corrected chi connectivity index (χ1v) is 6.19. The predicted octanol–water partition coefficient (Wildman–Crippen LogP) is 1.81. The molecule has 1 aliphatic heterocycles. The molecule has 1 aromatic heterocycles. The van der Waals surface area contributed by atoms with Crippen molar-refractivity contribution in [2.45, 2.75) is 19.6 Å². The first-order chi connectivity index (χ1) is 9.24. The first-order valence-electron chi connectivity index (χ1n) is 6.19. The standard InChI is InChI=1S/C13H14N4O2/c18-17(19)13-5-7-14-16(13)10-15-8-6-11-3-1-2-4-12(11)9-15/h1-5,7H,6,8-10H2. The second-order valence-corrected chi connectivity index (χ2v) is 4.66. The summed E-state index contributed by atoms with van der Waals surface area (Å²) in [5.41, 5.74) is 2.66. The van der Waals surface area contributed by atoms with Crippen LogP contribution < -0.4 is 0 Å². The minimum absolute atomic E-state index is 0.0406. The van der Waals surface area contributed by atoms with Crippen molar-refractivity contribution in [3.8, 4) is 0 Å². The van der Waals surface area contributed by atoms with Crippen molar-refractivity contribution in [2.24, 2.45) is 0 Å². The number of hydrogen-bond acceptors (Lipinski definition) is 4. The molecule has 0 amide bonds. The fourth-order valence-electron chi connectivity index (χ4n) is 2.45. The van der Waals surface area contributed by atoms with Gasteiger partial charge in [0.05, 0.1) is 12.3 Å². The Balaban J connectivity index is 1.76. The Morgan fingerprint density at radius 3 is 2.84 bits per heavy atom. The van der Waals surface area contributed by atoms with Crippen molar-refractivity contribution in [3.63, 3.8) is 0 Å². The lowest BCUT2D eigenvalue weighted by Gasteiger charge is -2.26. The topological polar surface area (TPSA) is 64.2 Å². The smallest absolute Gasteiger partial charge is 0.346 e. The van der Waals surface area contributed by atoms with Crippen molar-refractivity contribution in [3.05, 3.63) is 57.8 Å². The van der Waals surface area contributed by atoms with Gasteiger partial charge in [0.15, 0.2) is 6.67 Å². The van der Waals surface area contributed by atoms with Gasteiger partial charge in [-0.3, -0.25) is 4.90 Å². The lowest BCUT2D eigenvalue weighted by molar-refractivity contribution is -0.393. The maximum Gasteiger partial charge on any atom is 0.346 e. The first kappa shape index (κ1) is 11.9. The zero-order valence-electron chi connectivity index (χ0n) is 10.4. The normalized spacial score (nSPS) is 15.2. The summed E-state index contributed by atoms with van der Waals surface area (Å²) in [6, 6.07) is 9.76. The van der Waals surface area contributed by atoms with Crippen molar-refractivity contribution in [1.82, 2.24) is 14.7 Å². The Kier molecular flexibility index (Phi) is 3.00. The summed E-state index contributed by atoms with van der Waals surface area (Å²) in [5, 5.41) is 14.9. The van der Waals surface area contributed by atoms with E-state index in [0.717, 1.165) is 19.5 Å². The van der Waals surface area contributed by atoms with E-state index in [9.17, 15) is 10.1 Å². The van der Waals surface area contributed by atoms with Gasteiger partial charge in [-0.05, 0) is 22.5 Å². The van der Waals surface area contributed by atoms with Crippen molar-refractivity contribution >= 4 is 5.82 Å². The number of benzene rings is 1. The number of hydrogen-bond donors (Lipinski definition) is 0. The molecular formula is C13H14N4O2. The SMILES string of the molecule is O=[N+]([O-])c1ccnn1CN1CCc2ccccc2C1. The molecule has 0 atom stereocenters. The zero-order chi connectivity index (χ0) is 13.2. The number of rotatable bonds is 3. The van der Waals surface area contributed by atoms with Crippen LogP contribution in [0, 0.1) is 10.1 Å². The molecule has 1 aliphatic rings. The second kappa shape index (κ2) is 4.81. The molecule has 0 fully saturated rings. The third kappa shape index (κ3) is 2.34. The molecule has 0 bridgehead atoms. The van der Waals surface area contributed by atoms with E-state index in [1.807, 2.05) is 12.1 Å². The summed E-state index contributed by atoms with van der Waals surface area (Å²) in [6.07, 6.45) is 2.45. The summed E-state index contributed by atoms with van der Waals surface area (Å²) in [6.45, 7) is 2.17. The Bertz CT molecular complexity index is 608. The molecular weight excluding hydrogens is 244 g/mol. The van der Waals surface area contributed by atoms with Gasteiger partial charge in [-0.1, -0.05) is 29.4 Å². The van der Waals surface area contributed by atoms with Crippen LogP contribution in [0.4, 0.5) is 5.82 Å². The number of nitrogens with zero attached hydrogens (tertiary/aromatic N) is 4. The molecule has 0 unspecified atom stereocenters. The lowest BCUT2D eigenvalue weighted by atomic mass is 10.0. The highest BCUT2D eigenvalue weighted by Gasteiger charge is 2.21. The van der Waals surface area contributed by atoms with E-state index in [-0.39, 0.29) is 5.82 Å². The van der Waals surface area contributed by atoms with Gasteiger partial charge >= 0.3 is 5.82 Å². The van der Waals surface area contributed by atoms with Crippen molar-refractivity contribution < 1.29 is 4.92 Å². The van der Waals surface area contributed by atoms with E-state index in [0.29, 0.717) is 6.67 Å². The molecule has 3 rings (SSSR count). The molecule has 19 heavy (non-hydrogen) atoms. The highest BCUT2D eigenvalue weighted by Crippen LogP contribution is 2.20. The van der Waals surface area contributed by atoms with Crippen LogP contribution in [0.5, 0.6) is 0 Å². The van der Waals surface area contributed by atoms with Crippen molar-refractivity contribution in [1.29, 1.82) is 0 Å². The Hall–Kier alpha value is -2.21. The van der Waals surface area contributed by atoms with Crippen molar-refractivity contribution in [2.75, 3.05) is 6.54 Å². The molecule has 6 heteroatoms. The van der Waals surface area contributed by atoms with Gasteiger partial charge in [0.25, 0.3) is 0 Å². The van der Waals surface area contributed by atoms with Crippen LogP contribution in [0.1, 0.15) is 11.1 Å². The summed E-state index contributed by atoms with van der Waals surface area (Å²) in [7, 11) is 0. The maximum atomic E-state index is 10.8. The molecule has 0 spiro atoms. The molecule has 98 valence electrons. The third-order valence-electron chi connectivity index (χ3n) is 3.42. The summed E-state index contributed by atoms with van der Waals surface area (Å²) in [5.74, 6) is 0.0406. The molecule has 0 saturated carbocycles. The maximum absolute atomic E-state index is 10.8. The number of nitro groups is 1. The summed E-state index contributed by atoms with van der Waals surface area (Å²) >= 11 is 0. The van der Waals surface area contributed by atoms with E-state index in [4.69, 9.17) is 0 Å². The zero-order valence-corrected chi connectivity index (χ0v) is 10.4. The van der Waals surface area contributed by atoms with E-state index < -0.39 is 4.92 Å². The Morgan fingerprint density at radius 1 is 1.26 bits per heavy atom. The Labute approximate surface area is 110 Å². The van der Waals surface area contributed by atoms with Gasteiger partial charge in [-0.15, -0.1) is 4.68 Å². The molecule has 0 N–H and O–H groups in total. The number of aromatic nitrogens is 2.